The number of allylic oxidation sites excluding steroid dienone is 2. The molecule has 0 spiro atoms. The molecule has 1 aliphatic rings. The van der Waals surface area contributed by atoms with Crippen LogP contribution < -0.4 is 4.74 Å². The van der Waals surface area contributed by atoms with Gasteiger partial charge in [0, 0.05) is 18.8 Å². The van der Waals surface area contributed by atoms with Gasteiger partial charge in [0.1, 0.15) is 24.2 Å². The molecule has 2 rings (SSSR count). The van der Waals surface area contributed by atoms with Gasteiger partial charge in [0.15, 0.2) is 0 Å². The molecule has 1 unspecified atom stereocenters. The third-order valence-electron chi connectivity index (χ3n) is 4.82. The Kier molecular flexibility index (Phi) is 9.83. The van der Waals surface area contributed by atoms with Gasteiger partial charge in [-0.1, -0.05) is 30.4 Å². The molecular formula is C22H30O7. The lowest BCUT2D eigenvalue weighted by Gasteiger charge is -2.23. The summed E-state index contributed by atoms with van der Waals surface area (Å²) in [6.45, 7) is 0.0433. The van der Waals surface area contributed by atoms with E-state index < -0.39 is 24.2 Å². The normalized spacial score (nSPS) is 22.7. The highest BCUT2D eigenvalue weighted by atomic mass is 16.5. The molecule has 0 amide bonds. The first-order valence-corrected chi connectivity index (χ1v) is 9.91. The third-order valence-corrected chi connectivity index (χ3v) is 4.82. The van der Waals surface area contributed by atoms with Crippen molar-refractivity contribution in [3.05, 3.63) is 42.5 Å². The molecular weight excluding hydrogens is 376 g/mol. The van der Waals surface area contributed by atoms with Crippen LogP contribution in [0, 0.1) is 5.92 Å². The largest absolute Gasteiger partial charge is 0.491 e. The van der Waals surface area contributed by atoms with E-state index in [2.05, 4.69) is 4.74 Å². The van der Waals surface area contributed by atoms with E-state index in [0.29, 0.717) is 31.4 Å². The maximum absolute atomic E-state index is 12.2. The van der Waals surface area contributed by atoms with Crippen LogP contribution in [0.5, 0.6) is 5.75 Å². The van der Waals surface area contributed by atoms with Gasteiger partial charge in [0.2, 0.25) is 0 Å². The van der Waals surface area contributed by atoms with Crippen LogP contribution in [-0.4, -0.2) is 60.6 Å². The van der Waals surface area contributed by atoms with E-state index in [-0.39, 0.29) is 31.4 Å². The number of ketones is 1. The molecule has 160 valence electrons. The standard InChI is InChI=1S/C22H30O7/c1-27-21(26)12-8-3-2-7-11-18-19(24)13-20(25)22(18)29-15-16(23)14-28-17-9-5-4-6-10-17/h2-6,9-10,16,18,20,22-23,25H,7-8,11-15H2,1H3/b3-2-/t16?,18-,20-,22-/m0/s1. The van der Waals surface area contributed by atoms with Gasteiger partial charge in [-0.3, -0.25) is 9.59 Å². The number of hydrogen-bond donors (Lipinski definition) is 2. The number of ether oxygens (including phenoxy) is 3. The zero-order valence-electron chi connectivity index (χ0n) is 16.7. The second kappa shape index (κ2) is 12.4. The Morgan fingerprint density at radius 2 is 1.93 bits per heavy atom. The average molecular weight is 406 g/mol. The molecule has 4 atom stereocenters. The lowest BCUT2D eigenvalue weighted by atomic mass is 9.98. The number of carbonyl (C=O) groups is 2. The summed E-state index contributed by atoms with van der Waals surface area (Å²) < 4.78 is 15.7. The van der Waals surface area contributed by atoms with Gasteiger partial charge in [-0.2, -0.15) is 0 Å². The highest BCUT2D eigenvalue weighted by Crippen LogP contribution is 2.29. The quantitative estimate of drug-likeness (QED) is 0.405. The summed E-state index contributed by atoms with van der Waals surface area (Å²) in [6.07, 6.45) is 3.61. The molecule has 2 N–H and O–H groups in total. The third kappa shape index (κ3) is 7.97. The Hall–Kier alpha value is -2.22. The van der Waals surface area contributed by atoms with Crippen molar-refractivity contribution in [2.24, 2.45) is 5.92 Å². The topological polar surface area (TPSA) is 102 Å². The van der Waals surface area contributed by atoms with Crippen LogP contribution in [0.4, 0.5) is 0 Å². The number of rotatable bonds is 12. The Morgan fingerprint density at radius 1 is 1.21 bits per heavy atom. The Bertz CT molecular complexity index is 658. The van der Waals surface area contributed by atoms with Gasteiger partial charge in [0.05, 0.1) is 25.9 Å². The van der Waals surface area contributed by atoms with Crippen molar-refractivity contribution in [1.82, 2.24) is 0 Å². The van der Waals surface area contributed by atoms with E-state index in [1.165, 1.54) is 7.11 Å². The van der Waals surface area contributed by atoms with Crippen LogP contribution in [0.1, 0.15) is 32.1 Å². The fraction of sp³-hybridized carbons (Fsp3) is 0.545. The van der Waals surface area contributed by atoms with E-state index in [1.54, 1.807) is 12.1 Å². The Labute approximate surface area is 171 Å². The van der Waals surface area contributed by atoms with Gasteiger partial charge in [-0.05, 0) is 31.4 Å². The Morgan fingerprint density at radius 3 is 2.66 bits per heavy atom. The molecule has 7 heteroatoms. The maximum Gasteiger partial charge on any atom is 0.305 e. The average Bonchev–Trinajstić information content (AvgIpc) is 3.00. The number of methoxy groups -OCH3 is 1. The fourth-order valence-electron chi connectivity index (χ4n) is 3.27. The molecule has 7 nitrogen and oxygen atoms in total. The van der Waals surface area contributed by atoms with Crippen LogP contribution in [0.2, 0.25) is 0 Å². The molecule has 29 heavy (non-hydrogen) atoms. The second-order valence-electron chi connectivity index (χ2n) is 7.08. The first kappa shape index (κ1) is 23.1. The number of esters is 1. The van der Waals surface area contributed by atoms with Crippen LogP contribution in [0.15, 0.2) is 42.5 Å². The number of benzene rings is 1. The number of Topliss-reactive ketones (excluding diaryl/α,β-unsaturated/α-hetero) is 1. The van der Waals surface area contributed by atoms with Crippen molar-refractivity contribution >= 4 is 11.8 Å². The summed E-state index contributed by atoms with van der Waals surface area (Å²) in [6, 6.07) is 9.14. The smallest absolute Gasteiger partial charge is 0.305 e. The van der Waals surface area contributed by atoms with Crippen LogP contribution in [-0.2, 0) is 19.1 Å². The SMILES string of the molecule is COC(=O)CC/C=C\CC[C@H]1C(=O)C[C@H](O)[C@H]1OCC(O)COc1ccccc1. The van der Waals surface area contributed by atoms with E-state index in [0.717, 1.165) is 0 Å². The van der Waals surface area contributed by atoms with Crippen molar-refractivity contribution in [2.45, 2.75) is 50.4 Å². The summed E-state index contributed by atoms with van der Waals surface area (Å²) in [5.74, 6) is -0.0375. The molecule has 0 saturated heterocycles. The van der Waals surface area contributed by atoms with E-state index in [4.69, 9.17) is 9.47 Å². The van der Waals surface area contributed by atoms with E-state index >= 15 is 0 Å². The van der Waals surface area contributed by atoms with Crippen molar-refractivity contribution in [2.75, 3.05) is 20.3 Å². The van der Waals surface area contributed by atoms with Crippen LogP contribution in [0.25, 0.3) is 0 Å². The molecule has 0 aromatic heterocycles. The zero-order valence-corrected chi connectivity index (χ0v) is 16.7. The first-order chi connectivity index (χ1) is 14.0. The van der Waals surface area contributed by atoms with E-state index in [9.17, 15) is 19.8 Å². The highest BCUT2D eigenvalue weighted by Gasteiger charge is 2.42. The molecule has 1 aliphatic carbocycles. The first-order valence-electron chi connectivity index (χ1n) is 9.91. The summed E-state index contributed by atoms with van der Waals surface area (Å²) in [7, 11) is 1.36. The summed E-state index contributed by atoms with van der Waals surface area (Å²) >= 11 is 0. The highest BCUT2D eigenvalue weighted by molar-refractivity contribution is 5.84. The summed E-state index contributed by atoms with van der Waals surface area (Å²) in [5, 5.41) is 20.2. The molecule has 0 bridgehead atoms. The number of aliphatic hydroxyl groups is 2. The van der Waals surface area contributed by atoms with E-state index in [1.807, 2.05) is 30.4 Å². The van der Waals surface area contributed by atoms with Crippen molar-refractivity contribution < 1.29 is 34.0 Å². The molecule has 1 aromatic rings. The molecule has 1 fully saturated rings. The maximum atomic E-state index is 12.2. The van der Waals surface area contributed by atoms with Gasteiger partial charge in [0.25, 0.3) is 0 Å². The number of carbonyl (C=O) groups excluding carboxylic acids is 2. The minimum atomic E-state index is -0.864. The predicted octanol–water partition coefficient (Wildman–Crippen LogP) is 2.05. The minimum Gasteiger partial charge on any atom is -0.491 e. The lowest BCUT2D eigenvalue weighted by molar-refractivity contribution is -0.140. The van der Waals surface area contributed by atoms with Gasteiger partial charge >= 0.3 is 5.97 Å². The second-order valence-corrected chi connectivity index (χ2v) is 7.08. The van der Waals surface area contributed by atoms with Crippen LogP contribution >= 0.6 is 0 Å². The van der Waals surface area contributed by atoms with Gasteiger partial charge in [-0.25, -0.2) is 0 Å². The van der Waals surface area contributed by atoms with Gasteiger partial charge < -0.3 is 24.4 Å². The fourth-order valence-corrected chi connectivity index (χ4v) is 3.27. The van der Waals surface area contributed by atoms with Gasteiger partial charge in [-0.15, -0.1) is 0 Å². The molecule has 0 aliphatic heterocycles. The summed E-state index contributed by atoms with van der Waals surface area (Å²) in [4.78, 5) is 23.2. The van der Waals surface area contributed by atoms with Crippen molar-refractivity contribution in [1.29, 1.82) is 0 Å². The van der Waals surface area contributed by atoms with Crippen molar-refractivity contribution in [3.63, 3.8) is 0 Å². The molecule has 0 heterocycles. The molecule has 1 aromatic carbocycles. The predicted molar refractivity (Wildman–Crippen MR) is 106 cm³/mol. The Balaban J connectivity index is 1.73. The molecule has 0 radical (unpaired) electrons. The molecule has 1 saturated carbocycles. The van der Waals surface area contributed by atoms with Crippen LogP contribution in [0.3, 0.4) is 0 Å². The lowest BCUT2D eigenvalue weighted by Crippen LogP contribution is -2.34. The monoisotopic (exact) mass is 406 g/mol. The zero-order chi connectivity index (χ0) is 21.1. The van der Waals surface area contributed by atoms with Crippen molar-refractivity contribution in [3.8, 4) is 5.75 Å². The number of aliphatic hydroxyl groups excluding tert-OH is 2. The minimum absolute atomic E-state index is 0.0205. The summed E-state index contributed by atoms with van der Waals surface area (Å²) in [5.41, 5.74) is 0. The number of hydrogen-bond acceptors (Lipinski definition) is 7. The number of para-hydroxylation sites is 1.